The van der Waals surface area contributed by atoms with Crippen molar-refractivity contribution in [3.63, 3.8) is 0 Å². The van der Waals surface area contributed by atoms with Gasteiger partial charge in [0.2, 0.25) is 0 Å². The zero-order valence-electron chi connectivity index (χ0n) is 12.2. The number of hydrogen-bond donors (Lipinski definition) is 2. The van der Waals surface area contributed by atoms with Gasteiger partial charge in [-0.2, -0.15) is 5.10 Å². The molecule has 0 fully saturated rings. The molecule has 118 valence electrons. The molecule has 0 spiro atoms. The summed E-state index contributed by atoms with van der Waals surface area (Å²) in [7, 11) is 0. The number of ether oxygens (including phenoxy) is 1. The summed E-state index contributed by atoms with van der Waals surface area (Å²) in [5, 5.41) is 13.5. The van der Waals surface area contributed by atoms with Gasteiger partial charge in [0.05, 0.1) is 11.8 Å². The number of halogens is 1. The first kappa shape index (κ1) is 16.8. The van der Waals surface area contributed by atoms with Crippen molar-refractivity contribution >= 4 is 28.1 Å². The van der Waals surface area contributed by atoms with Crippen LogP contribution in [0, 0.1) is 0 Å². The second kappa shape index (κ2) is 8.14. The molecule has 0 saturated carbocycles. The Morgan fingerprint density at radius 2 is 2.13 bits per heavy atom. The highest BCUT2D eigenvalue weighted by Crippen LogP contribution is 2.22. The van der Waals surface area contributed by atoms with Crippen LogP contribution in [0.2, 0.25) is 0 Å². The summed E-state index contributed by atoms with van der Waals surface area (Å²) in [6.07, 6.45) is 3.12. The minimum absolute atomic E-state index is 0.0994. The van der Waals surface area contributed by atoms with Gasteiger partial charge in [-0.3, -0.25) is 4.79 Å². The number of para-hydroxylation sites is 1. The maximum Gasteiger partial charge on any atom is 0.275 e. The second-order valence-corrected chi connectivity index (χ2v) is 5.41. The van der Waals surface area contributed by atoms with Gasteiger partial charge in [-0.1, -0.05) is 40.7 Å². The van der Waals surface area contributed by atoms with E-state index in [-0.39, 0.29) is 11.3 Å². The third kappa shape index (κ3) is 4.69. The van der Waals surface area contributed by atoms with Crippen LogP contribution in [0.1, 0.15) is 15.9 Å². The molecule has 23 heavy (non-hydrogen) atoms. The van der Waals surface area contributed by atoms with Gasteiger partial charge in [-0.25, -0.2) is 5.43 Å². The molecule has 0 bridgehead atoms. The molecule has 0 radical (unpaired) electrons. The lowest BCUT2D eigenvalue weighted by molar-refractivity contribution is 0.0952. The Morgan fingerprint density at radius 3 is 2.87 bits per heavy atom. The zero-order chi connectivity index (χ0) is 16.7. The second-order valence-electron chi connectivity index (χ2n) is 4.50. The first-order chi connectivity index (χ1) is 11.1. The number of hydrogen-bond acceptors (Lipinski definition) is 4. The SMILES string of the molecule is C=CCOc1ccc(Br)cc1/C=N/NC(=O)c1ccccc1O. The van der Waals surface area contributed by atoms with Crippen molar-refractivity contribution in [2.75, 3.05) is 6.61 Å². The molecule has 2 aromatic rings. The molecule has 5 nitrogen and oxygen atoms in total. The van der Waals surface area contributed by atoms with Gasteiger partial charge in [0, 0.05) is 10.0 Å². The molecule has 0 heterocycles. The largest absolute Gasteiger partial charge is 0.507 e. The first-order valence-corrected chi connectivity index (χ1v) is 7.55. The number of hydrazone groups is 1. The van der Waals surface area contributed by atoms with E-state index in [1.54, 1.807) is 24.3 Å². The Kier molecular flexibility index (Phi) is 5.94. The number of carbonyl (C=O) groups is 1. The third-order valence-corrected chi connectivity index (χ3v) is 3.34. The van der Waals surface area contributed by atoms with Crippen molar-refractivity contribution in [3.8, 4) is 11.5 Å². The van der Waals surface area contributed by atoms with E-state index >= 15 is 0 Å². The highest BCUT2D eigenvalue weighted by Gasteiger charge is 2.09. The average molecular weight is 375 g/mol. The summed E-state index contributed by atoms with van der Waals surface area (Å²) in [4.78, 5) is 11.9. The number of phenols is 1. The van der Waals surface area contributed by atoms with Crippen LogP contribution in [0.4, 0.5) is 0 Å². The van der Waals surface area contributed by atoms with E-state index in [9.17, 15) is 9.90 Å². The Bertz CT molecular complexity index is 744. The monoisotopic (exact) mass is 374 g/mol. The van der Waals surface area contributed by atoms with Crippen LogP contribution in [0.15, 0.2) is 64.7 Å². The molecular formula is C17H15BrN2O3. The van der Waals surface area contributed by atoms with Crippen LogP contribution in [-0.4, -0.2) is 23.8 Å². The van der Waals surface area contributed by atoms with Crippen LogP contribution in [-0.2, 0) is 0 Å². The van der Waals surface area contributed by atoms with Gasteiger partial charge in [0.15, 0.2) is 0 Å². The van der Waals surface area contributed by atoms with Crippen molar-refractivity contribution in [3.05, 3.63) is 70.7 Å². The summed E-state index contributed by atoms with van der Waals surface area (Å²) in [6.45, 7) is 3.97. The molecule has 0 unspecified atom stereocenters. The van der Waals surface area contributed by atoms with Gasteiger partial charge < -0.3 is 9.84 Å². The maximum atomic E-state index is 11.9. The molecular weight excluding hydrogens is 360 g/mol. The minimum Gasteiger partial charge on any atom is -0.507 e. The van der Waals surface area contributed by atoms with Crippen molar-refractivity contribution in [2.24, 2.45) is 5.10 Å². The van der Waals surface area contributed by atoms with Gasteiger partial charge in [-0.05, 0) is 30.3 Å². The van der Waals surface area contributed by atoms with E-state index in [2.05, 4.69) is 33.0 Å². The van der Waals surface area contributed by atoms with Crippen LogP contribution >= 0.6 is 15.9 Å². The molecule has 0 aliphatic rings. The Morgan fingerprint density at radius 1 is 1.35 bits per heavy atom. The van der Waals surface area contributed by atoms with Crippen LogP contribution in [0.3, 0.4) is 0 Å². The molecule has 0 saturated heterocycles. The smallest absolute Gasteiger partial charge is 0.275 e. The van der Waals surface area contributed by atoms with Gasteiger partial charge >= 0.3 is 0 Å². The first-order valence-electron chi connectivity index (χ1n) is 6.76. The molecule has 0 aliphatic carbocycles. The van der Waals surface area contributed by atoms with Crippen molar-refractivity contribution < 1.29 is 14.6 Å². The molecule has 2 N–H and O–H groups in total. The molecule has 1 amide bonds. The summed E-state index contributed by atoms with van der Waals surface area (Å²) >= 11 is 3.37. The quantitative estimate of drug-likeness (QED) is 0.461. The van der Waals surface area contributed by atoms with Crippen molar-refractivity contribution in [1.29, 1.82) is 0 Å². The standard InChI is InChI=1S/C17H15BrN2O3/c1-2-9-23-16-8-7-13(18)10-12(16)11-19-20-17(22)14-5-3-4-6-15(14)21/h2-8,10-11,21H,1,9H2,(H,20,22)/b19-11+. The predicted molar refractivity (Wildman–Crippen MR) is 93.0 cm³/mol. The van der Waals surface area contributed by atoms with Gasteiger partial charge in [0.25, 0.3) is 5.91 Å². The molecule has 2 aromatic carbocycles. The van der Waals surface area contributed by atoms with Crippen LogP contribution in [0.5, 0.6) is 11.5 Å². The summed E-state index contributed by atoms with van der Waals surface area (Å²) in [5.74, 6) is 0.0224. The topological polar surface area (TPSA) is 70.9 Å². The molecule has 0 aliphatic heterocycles. The van der Waals surface area contributed by atoms with Gasteiger partial charge in [-0.15, -0.1) is 0 Å². The van der Waals surface area contributed by atoms with Crippen LogP contribution in [0.25, 0.3) is 0 Å². The number of aromatic hydroxyl groups is 1. The molecule has 0 atom stereocenters. The Balaban J connectivity index is 2.11. The number of nitrogens with zero attached hydrogens (tertiary/aromatic N) is 1. The number of benzene rings is 2. The highest BCUT2D eigenvalue weighted by atomic mass is 79.9. The van der Waals surface area contributed by atoms with E-state index in [0.29, 0.717) is 17.9 Å². The van der Waals surface area contributed by atoms with Crippen molar-refractivity contribution in [1.82, 2.24) is 5.43 Å². The summed E-state index contributed by atoms with van der Waals surface area (Å²) < 4.78 is 6.38. The zero-order valence-corrected chi connectivity index (χ0v) is 13.8. The average Bonchev–Trinajstić information content (AvgIpc) is 2.54. The molecule has 2 rings (SSSR count). The maximum absolute atomic E-state index is 11.9. The number of nitrogens with one attached hydrogen (secondary N) is 1. The fourth-order valence-electron chi connectivity index (χ4n) is 1.79. The van der Waals surface area contributed by atoms with E-state index in [4.69, 9.17) is 4.74 Å². The Labute approximate surface area is 142 Å². The number of amides is 1. The third-order valence-electron chi connectivity index (χ3n) is 2.85. The van der Waals surface area contributed by atoms with E-state index in [1.807, 2.05) is 12.1 Å². The molecule has 0 aromatic heterocycles. The van der Waals surface area contributed by atoms with Crippen molar-refractivity contribution in [2.45, 2.75) is 0 Å². The number of phenolic OH excluding ortho intramolecular Hbond substituents is 1. The minimum atomic E-state index is -0.497. The summed E-state index contributed by atoms with van der Waals surface area (Å²) in [5.41, 5.74) is 3.22. The predicted octanol–water partition coefficient (Wildman–Crippen LogP) is 3.48. The molecule has 6 heteroatoms. The fourth-order valence-corrected chi connectivity index (χ4v) is 2.17. The number of carbonyl (C=O) groups excluding carboxylic acids is 1. The summed E-state index contributed by atoms with van der Waals surface area (Å²) in [6, 6.07) is 11.7. The number of rotatable bonds is 6. The fraction of sp³-hybridized carbons (Fsp3) is 0.0588. The lowest BCUT2D eigenvalue weighted by Crippen LogP contribution is -2.17. The lowest BCUT2D eigenvalue weighted by Gasteiger charge is -2.07. The Hall–Kier alpha value is -2.60. The van der Waals surface area contributed by atoms with Crippen LogP contribution < -0.4 is 10.2 Å². The van der Waals surface area contributed by atoms with E-state index in [0.717, 1.165) is 4.47 Å². The normalized spacial score (nSPS) is 10.5. The van der Waals surface area contributed by atoms with E-state index in [1.165, 1.54) is 18.3 Å². The van der Waals surface area contributed by atoms with Gasteiger partial charge in [0.1, 0.15) is 18.1 Å². The lowest BCUT2D eigenvalue weighted by atomic mass is 10.2. The highest BCUT2D eigenvalue weighted by molar-refractivity contribution is 9.10. The van der Waals surface area contributed by atoms with E-state index < -0.39 is 5.91 Å².